The number of piperidine rings is 1. The van der Waals surface area contributed by atoms with Gasteiger partial charge in [0, 0.05) is 19.9 Å². The zero-order valence-corrected chi connectivity index (χ0v) is 41.0. The number of hydrogen-bond donors (Lipinski definition) is 10. The van der Waals surface area contributed by atoms with Crippen LogP contribution in [0.25, 0.3) is 0 Å². The van der Waals surface area contributed by atoms with Crippen LogP contribution in [0.1, 0.15) is 100.0 Å². The van der Waals surface area contributed by atoms with E-state index in [1.165, 1.54) is 52.9 Å². The number of aliphatic hydroxyl groups is 3. The van der Waals surface area contributed by atoms with Crippen LogP contribution in [0, 0.1) is 11.8 Å². The average Bonchev–Trinajstić information content (AvgIpc) is 3.24. The first-order chi connectivity index (χ1) is 31.7. The summed E-state index contributed by atoms with van der Waals surface area (Å²) in [4.78, 5) is 127. The van der Waals surface area contributed by atoms with E-state index in [2.05, 4.69) is 31.9 Å². The standard InChI is InChI=1S/C45H69ClN8O14/c1-11-12-32(58)47-22(6)38(60)51-35(23(7)55)41(63)52-36-25(9)68-45(67)34(21(4)5)50-40(62)30(19-26-13-15-31(57)27(46)18-26)53(10)44(66)37(24(8)56)54-33(59)16-14-28(43(54)65)48-39(61)29(17-20(2)3)49-42(36)64/h13,15,18,20-25,28-30,33-37,55-57,59H,11-12,14,16-17,19H2,1-10H3,(H,47,58)(H,48,61)(H,49,64)(H,50,62)(H,51,60)(H,52,63)/t22-,23+,24+,25+,28+,29-,30-,33+,34-,35-,36-,37-/m0/s1. The lowest BCUT2D eigenvalue weighted by molar-refractivity contribution is -0.170. The highest BCUT2D eigenvalue weighted by atomic mass is 35.5. The number of esters is 1. The molecule has 68 heavy (non-hydrogen) atoms. The summed E-state index contributed by atoms with van der Waals surface area (Å²) < 4.78 is 5.79. The molecule has 0 saturated carbocycles. The van der Waals surface area contributed by atoms with Gasteiger partial charge in [-0.15, -0.1) is 0 Å². The fraction of sp³-hybridized carbons (Fsp3) is 0.667. The van der Waals surface area contributed by atoms with Gasteiger partial charge in [-0.05, 0) is 82.9 Å². The topological polar surface area (TPSA) is 322 Å². The maximum absolute atomic E-state index is 14.6. The van der Waals surface area contributed by atoms with Crippen molar-refractivity contribution < 1.29 is 68.3 Å². The number of nitrogens with zero attached hydrogens (tertiary/aromatic N) is 2. The first kappa shape index (κ1) is 56.7. The molecule has 2 heterocycles. The van der Waals surface area contributed by atoms with Crippen molar-refractivity contribution in [2.45, 2.75) is 174 Å². The maximum Gasteiger partial charge on any atom is 0.329 e. The Morgan fingerprint density at radius 3 is 2.09 bits per heavy atom. The van der Waals surface area contributed by atoms with Crippen LogP contribution in [0.5, 0.6) is 5.75 Å². The Kier molecular flexibility index (Phi) is 21.0. The number of phenolic OH excluding ortho intramolecular Hbond substituents is 1. The van der Waals surface area contributed by atoms with Crippen LogP contribution in [0.2, 0.25) is 5.02 Å². The molecule has 8 amide bonds. The predicted octanol–water partition coefficient (Wildman–Crippen LogP) is -1.14. The van der Waals surface area contributed by atoms with Crippen LogP contribution in [0.3, 0.4) is 0 Å². The number of carbonyl (C=O) groups is 9. The van der Waals surface area contributed by atoms with Crippen molar-refractivity contribution >= 4 is 64.8 Å². The van der Waals surface area contributed by atoms with Crippen LogP contribution < -0.4 is 31.9 Å². The van der Waals surface area contributed by atoms with Crippen LogP contribution in [0.15, 0.2) is 18.2 Å². The molecule has 12 atom stereocenters. The molecule has 1 aromatic carbocycles. The van der Waals surface area contributed by atoms with E-state index in [0.717, 1.165) is 9.80 Å². The van der Waals surface area contributed by atoms with Crippen molar-refractivity contribution in [2.75, 3.05) is 7.05 Å². The average molecular weight is 982 g/mol. The largest absolute Gasteiger partial charge is 0.506 e. The Morgan fingerprint density at radius 2 is 1.53 bits per heavy atom. The lowest BCUT2D eigenvalue weighted by atomic mass is 9.96. The summed E-state index contributed by atoms with van der Waals surface area (Å²) in [5.41, 5.74) is 0.330. The third kappa shape index (κ3) is 15.0. The molecular weight excluding hydrogens is 912 g/mol. The Bertz CT molecular complexity index is 2020. The van der Waals surface area contributed by atoms with Gasteiger partial charge in [-0.25, -0.2) is 4.79 Å². The molecule has 380 valence electrons. The van der Waals surface area contributed by atoms with Gasteiger partial charge < -0.3 is 66.9 Å². The predicted molar refractivity (Wildman–Crippen MR) is 245 cm³/mol. The molecule has 2 saturated heterocycles. The Labute approximate surface area is 401 Å². The van der Waals surface area contributed by atoms with Gasteiger partial charge in [0.2, 0.25) is 47.3 Å². The number of phenols is 1. The van der Waals surface area contributed by atoms with Crippen molar-refractivity contribution in [3.63, 3.8) is 0 Å². The highest BCUT2D eigenvalue weighted by molar-refractivity contribution is 6.32. The van der Waals surface area contributed by atoms with Gasteiger partial charge in [-0.3, -0.25) is 38.4 Å². The molecule has 22 nitrogen and oxygen atoms in total. The summed E-state index contributed by atoms with van der Waals surface area (Å²) in [7, 11) is 1.21. The van der Waals surface area contributed by atoms with Crippen molar-refractivity contribution in [1.82, 2.24) is 41.7 Å². The van der Waals surface area contributed by atoms with Crippen molar-refractivity contribution in [3.8, 4) is 5.75 Å². The first-order valence-electron chi connectivity index (χ1n) is 22.8. The number of amides is 8. The number of fused-ring (bicyclic) bond motifs is 2. The molecule has 2 bridgehead atoms. The molecule has 0 aromatic heterocycles. The van der Waals surface area contributed by atoms with Gasteiger partial charge in [0.15, 0.2) is 0 Å². The van der Waals surface area contributed by atoms with Gasteiger partial charge in [-0.1, -0.05) is 52.3 Å². The van der Waals surface area contributed by atoms with Crippen LogP contribution >= 0.6 is 11.6 Å². The van der Waals surface area contributed by atoms with Crippen molar-refractivity contribution in [3.05, 3.63) is 28.8 Å². The summed E-state index contributed by atoms with van der Waals surface area (Å²) in [5, 5.41) is 58.1. The molecule has 0 aliphatic carbocycles. The number of cyclic esters (lactones) is 1. The summed E-state index contributed by atoms with van der Waals surface area (Å²) in [6, 6.07) is -8.38. The number of rotatable bonds is 14. The molecule has 23 heteroatoms. The molecule has 2 aliphatic heterocycles. The highest BCUT2D eigenvalue weighted by Gasteiger charge is 2.47. The van der Waals surface area contributed by atoms with Crippen molar-refractivity contribution in [1.29, 1.82) is 0 Å². The van der Waals surface area contributed by atoms with E-state index in [4.69, 9.17) is 16.3 Å². The third-order valence-corrected chi connectivity index (χ3v) is 12.0. The molecule has 0 radical (unpaired) electrons. The molecular formula is C45H69ClN8O14. The number of aromatic hydroxyl groups is 1. The number of benzene rings is 1. The smallest absolute Gasteiger partial charge is 0.329 e. The Balaban J connectivity index is 2.20. The maximum atomic E-state index is 14.6. The number of ether oxygens (including phenoxy) is 1. The molecule has 2 aliphatic rings. The summed E-state index contributed by atoms with van der Waals surface area (Å²) in [6.07, 6.45) is -6.53. The van der Waals surface area contributed by atoms with Crippen molar-refractivity contribution in [2.24, 2.45) is 11.8 Å². The fourth-order valence-corrected chi connectivity index (χ4v) is 8.03. The molecule has 2 fully saturated rings. The quantitative estimate of drug-likeness (QED) is 0.0987. The molecule has 0 spiro atoms. The zero-order chi connectivity index (χ0) is 51.5. The van der Waals surface area contributed by atoms with E-state index < -0.39 is 132 Å². The minimum atomic E-state index is -1.86. The van der Waals surface area contributed by atoms with E-state index in [0.29, 0.717) is 12.0 Å². The molecule has 3 rings (SSSR count). The lowest BCUT2D eigenvalue weighted by Gasteiger charge is -2.43. The van der Waals surface area contributed by atoms with E-state index in [9.17, 15) is 63.6 Å². The van der Waals surface area contributed by atoms with Crippen LogP contribution in [0.4, 0.5) is 0 Å². The van der Waals surface area contributed by atoms with E-state index in [1.807, 2.05) is 0 Å². The minimum Gasteiger partial charge on any atom is -0.506 e. The summed E-state index contributed by atoms with van der Waals surface area (Å²) in [5.74, 6) is -9.72. The van der Waals surface area contributed by atoms with E-state index in [-0.39, 0.29) is 48.8 Å². The summed E-state index contributed by atoms with van der Waals surface area (Å²) >= 11 is 6.19. The van der Waals surface area contributed by atoms with Gasteiger partial charge >= 0.3 is 5.97 Å². The Hall–Kier alpha value is -5.58. The van der Waals surface area contributed by atoms with Crippen LogP contribution in [-0.4, -0.2) is 163 Å². The number of nitrogens with one attached hydrogen (secondary N) is 6. The number of carbonyl (C=O) groups excluding carboxylic acids is 9. The second-order valence-corrected chi connectivity index (χ2v) is 18.7. The molecule has 1 aromatic rings. The van der Waals surface area contributed by atoms with E-state index >= 15 is 0 Å². The van der Waals surface area contributed by atoms with Gasteiger partial charge in [-0.2, -0.15) is 0 Å². The van der Waals surface area contributed by atoms with E-state index in [1.54, 1.807) is 34.6 Å². The zero-order valence-electron chi connectivity index (χ0n) is 40.2. The SMILES string of the molecule is CCCC(=O)N[C@@H](C)C(=O)N[C@H](C(=O)N[C@@H]1C(=O)N[C@@H](CC(C)C)C(=O)N[C@@H]2CC[C@@H](O)N(C2=O)[C@@H]([C@@H](C)O)C(=O)N(C)[C@@H](Cc2ccc(O)c(Cl)c2)C(=O)N[C@@H](C(C)C)C(=O)O[C@@H]1C)[C@@H](C)O. The normalized spacial score (nSPS) is 26.5. The fourth-order valence-electron chi connectivity index (χ4n) is 7.82. The second-order valence-electron chi connectivity index (χ2n) is 18.3. The lowest BCUT2D eigenvalue weighted by Crippen LogP contribution is -2.67. The molecule has 10 N–H and O–H groups in total. The number of hydrogen-bond acceptors (Lipinski definition) is 14. The number of likely N-dealkylation sites (N-methyl/N-ethyl adjacent to an activating group) is 1. The van der Waals surface area contributed by atoms with Gasteiger partial charge in [0.05, 0.1) is 17.2 Å². The second kappa shape index (κ2) is 25.2. The Morgan fingerprint density at radius 1 is 0.882 bits per heavy atom. The number of halogens is 1. The number of aliphatic hydroxyl groups excluding tert-OH is 3. The first-order valence-corrected chi connectivity index (χ1v) is 23.2. The van der Waals surface area contributed by atoms with Crippen LogP contribution in [-0.2, 0) is 54.3 Å². The highest BCUT2D eigenvalue weighted by Crippen LogP contribution is 2.27. The third-order valence-electron chi connectivity index (χ3n) is 11.7. The molecule has 0 unspecified atom stereocenters. The van der Waals surface area contributed by atoms with Gasteiger partial charge in [0.1, 0.15) is 66.4 Å². The monoisotopic (exact) mass is 980 g/mol. The van der Waals surface area contributed by atoms with Gasteiger partial charge in [0.25, 0.3) is 0 Å². The summed E-state index contributed by atoms with van der Waals surface area (Å²) in [6.45, 7) is 13.3. The minimum absolute atomic E-state index is 0.0394.